The van der Waals surface area contributed by atoms with Crippen LogP contribution >= 0.6 is 0 Å². The molecule has 3 nitrogen and oxygen atoms in total. The number of rotatable bonds is 3. The normalized spacial score (nSPS) is 33.9. The van der Waals surface area contributed by atoms with E-state index in [9.17, 15) is 4.21 Å². The Labute approximate surface area is 76.8 Å². The monoisotopic (exact) mass is 190 g/mol. The van der Waals surface area contributed by atoms with Crippen LogP contribution in [0.4, 0.5) is 0 Å². The van der Waals surface area contributed by atoms with Crippen LogP contribution in [0.3, 0.4) is 0 Å². The summed E-state index contributed by atoms with van der Waals surface area (Å²) in [4.78, 5) is 2.33. The predicted molar refractivity (Wildman–Crippen MR) is 52.6 cm³/mol. The average Bonchev–Trinajstić information content (AvgIpc) is 2.30. The lowest BCUT2D eigenvalue weighted by Crippen LogP contribution is -2.38. The first-order valence-electron chi connectivity index (χ1n) is 4.41. The molecule has 0 amide bonds. The maximum Gasteiger partial charge on any atom is 0.0359 e. The Morgan fingerprint density at radius 3 is 2.75 bits per heavy atom. The van der Waals surface area contributed by atoms with Crippen molar-refractivity contribution in [3.05, 3.63) is 0 Å². The molecule has 72 valence electrons. The summed E-state index contributed by atoms with van der Waals surface area (Å²) in [5, 5.41) is 0. The molecule has 1 heterocycles. The summed E-state index contributed by atoms with van der Waals surface area (Å²) >= 11 is 0. The Hall–Kier alpha value is 0.0700. The standard InChI is InChI=1S/C8H18N2OS/c1-7-8(9)3-4-10(7)5-6-12(2)11/h7-8H,3-6,9H2,1-2H3. The highest BCUT2D eigenvalue weighted by Crippen LogP contribution is 2.14. The summed E-state index contributed by atoms with van der Waals surface area (Å²) in [7, 11) is -0.670. The number of likely N-dealkylation sites (tertiary alicyclic amines) is 1. The molecular weight excluding hydrogens is 172 g/mol. The fourth-order valence-corrected chi connectivity index (χ4v) is 2.08. The molecule has 1 saturated heterocycles. The van der Waals surface area contributed by atoms with E-state index in [1.165, 1.54) is 0 Å². The first-order chi connectivity index (χ1) is 5.61. The smallest absolute Gasteiger partial charge is 0.0359 e. The molecule has 0 spiro atoms. The topological polar surface area (TPSA) is 46.3 Å². The van der Waals surface area contributed by atoms with Crippen molar-refractivity contribution in [3.63, 3.8) is 0 Å². The van der Waals surface area contributed by atoms with E-state index in [1.54, 1.807) is 6.26 Å². The number of hydrogen-bond acceptors (Lipinski definition) is 3. The van der Waals surface area contributed by atoms with Gasteiger partial charge in [0.15, 0.2) is 0 Å². The first-order valence-corrected chi connectivity index (χ1v) is 6.13. The highest BCUT2D eigenvalue weighted by Gasteiger charge is 2.26. The highest BCUT2D eigenvalue weighted by atomic mass is 32.2. The van der Waals surface area contributed by atoms with Crippen molar-refractivity contribution in [2.45, 2.75) is 25.4 Å². The molecule has 1 rings (SSSR count). The highest BCUT2D eigenvalue weighted by molar-refractivity contribution is 7.84. The van der Waals surface area contributed by atoms with Gasteiger partial charge in [-0.25, -0.2) is 0 Å². The molecule has 12 heavy (non-hydrogen) atoms. The van der Waals surface area contributed by atoms with Gasteiger partial charge in [0.25, 0.3) is 0 Å². The Balaban J connectivity index is 2.29. The lowest BCUT2D eigenvalue weighted by Gasteiger charge is -2.21. The van der Waals surface area contributed by atoms with Crippen LogP contribution in [0.1, 0.15) is 13.3 Å². The van der Waals surface area contributed by atoms with Gasteiger partial charge in [-0.1, -0.05) is 0 Å². The zero-order valence-corrected chi connectivity index (χ0v) is 8.64. The first kappa shape index (κ1) is 10.2. The van der Waals surface area contributed by atoms with Crippen LogP contribution in [0.25, 0.3) is 0 Å². The summed E-state index contributed by atoms with van der Waals surface area (Å²) < 4.78 is 10.8. The fraction of sp³-hybridized carbons (Fsp3) is 1.00. The molecule has 2 N–H and O–H groups in total. The van der Waals surface area contributed by atoms with Crippen molar-refractivity contribution in [2.75, 3.05) is 25.1 Å². The van der Waals surface area contributed by atoms with E-state index in [-0.39, 0.29) is 0 Å². The molecule has 1 aliphatic rings. The molecule has 1 fully saturated rings. The maximum atomic E-state index is 10.8. The largest absolute Gasteiger partial charge is 0.326 e. The summed E-state index contributed by atoms with van der Waals surface area (Å²) in [5.74, 6) is 0.775. The van der Waals surface area contributed by atoms with Gasteiger partial charge in [-0.2, -0.15) is 0 Å². The van der Waals surface area contributed by atoms with Gasteiger partial charge in [-0.15, -0.1) is 0 Å². The van der Waals surface area contributed by atoms with Crippen molar-refractivity contribution in [2.24, 2.45) is 5.73 Å². The quantitative estimate of drug-likeness (QED) is 0.669. The van der Waals surface area contributed by atoms with Gasteiger partial charge in [0.05, 0.1) is 0 Å². The van der Waals surface area contributed by atoms with E-state index < -0.39 is 10.8 Å². The second-order valence-electron chi connectivity index (χ2n) is 3.51. The van der Waals surface area contributed by atoms with Crippen molar-refractivity contribution in [1.82, 2.24) is 4.90 Å². The van der Waals surface area contributed by atoms with Gasteiger partial charge in [-0.3, -0.25) is 9.11 Å². The Kier molecular flexibility index (Phi) is 3.68. The average molecular weight is 190 g/mol. The molecule has 3 unspecified atom stereocenters. The second kappa shape index (κ2) is 4.35. The molecule has 0 saturated carbocycles. The van der Waals surface area contributed by atoms with Crippen LogP contribution in [0.15, 0.2) is 0 Å². The van der Waals surface area contributed by atoms with Crippen molar-refractivity contribution >= 4 is 10.8 Å². The molecule has 0 aromatic rings. The minimum atomic E-state index is -0.670. The van der Waals surface area contributed by atoms with Crippen LogP contribution in [-0.2, 0) is 10.8 Å². The Morgan fingerprint density at radius 2 is 2.33 bits per heavy atom. The Bertz CT molecular complexity index is 174. The van der Waals surface area contributed by atoms with Crippen LogP contribution in [0, 0.1) is 0 Å². The molecule has 0 aromatic heterocycles. The van der Waals surface area contributed by atoms with Crippen LogP contribution in [0.2, 0.25) is 0 Å². The summed E-state index contributed by atoms with van der Waals surface area (Å²) in [5.41, 5.74) is 5.86. The molecule has 1 aliphatic heterocycles. The van der Waals surface area contributed by atoms with Crippen molar-refractivity contribution < 1.29 is 4.21 Å². The molecule has 0 aliphatic carbocycles. The van der Waals surface area contributed by atoms with Crippen LogP contribution in [0.5, 0.6) is 0 Å². The van der Waals surface area contributed by atoms with Gasteiger partial charge in [-0.05, 0) is 13.3 Å². The zero-order valence-electron chi connectivity index (χ0n) is 7.82. The van der Waals surface area contributed by atoms with Gasteiger partial charge in [0.1, 0.15) is 0 Å². The minimum absolute atomic E-state index is 0.315. The van der Waals surface area contributed by atoms with E-state index >= 15 is 0 Å². The van der Waals surface area contributed by atoms with E-state index in [4.69, 9.17) is 5.73 Å². The molecule has 4 heteroatoms. The number of nitrogens with zero attached hydrogens (tertiary/aromatic N) is 1. The van der Waals surface area contributed by atoms with Crippen LogP contribution in [-0.4, -0.2) is 46.3 Å². The van der Waals surface area contributed by atoms with Crippen molar-refractivity contribution in [1.29, 1.82) is 0 Å². The lowest BCUT2D eigenvalue weighted by molar-refractivity contribution is 0.276. The second-order valence-corrected chi connectivity index (χ2v) is 5.06. The molecular formula is C8H18N2OS. The minimum Gasteiger partial charge on any atom is -0.326 e. The van der Waals surface area contributed by atoms with Gasteiger partial charge in [0, 0.05) is 48.0 Å². The predicted octanol–water partition coefficient (Wildman–Crippen LogP) is -0.214. The van der Waals surface area contributed by atoms with Gasteiger partial charge >= 0.3 is 0 Å². The fourth-order valence-electron chi connectivity index (χ4n) is 1.59. The lowest BCUT2D eigenvalue weighted by atomic mass is 10.2. The van der Waals surface area contributed by atoms with Crippen molar-refractivity contribution in [3.8, 4) is 0 Å². The third-order valence-electron chi connectivity index (χ3n) is 2.61. The summed E-state index contributed by atoms with van der Waals surface area (Å²) in [6.45, 7) is 4.15. The SMILES string of the molecule is CC1C(N)CCN1CCS(C)=O. The Morgan fingerprint density at radius 1 is 1.67 bits per heavy atom. The molecule has 3 atom stereocenters. The maximum absolute atomic E-state index is 10.8. The van der Waals surface area contributed by atoms with Gasteiger partial charge < -0.3 is 5.73 Å². The van der Waals surface area contributed by atoms with Gasteiger partial charge in [0.2, 0.25) is 0 Å². The molecule has 0 bridgehead atoms. The van der Waals surface area contributed by atoms with E-state index in [1.807, 2.05) is 0 Å². The molecule has 0 aromatic carbocycles. The molecule has 0 radical (unpaired) electrons. The van der Waals surface area contributed by atoms with E-state index in [0.29, 0.717) is 12.1 Å². The summed E-state index contributed by atoms with van der Waals surface area (Å²) in [6.07, 6.45) is 2.83. The number of nitrogens with two attached hydrogens (primary N) is 1. The summed E-state index contributed by atoms with van der Waals surface area (Å²) in [6, 6.07) is 0.781. The van der Waals surface area contributed by atoms with E-state index in [0.717, 1.165) is 25.3 Å². The number of hydrogen-bond donors (Lipinski definition) is 1. The van der Waals surface area contributed by atoms with E-state index in [2.05, 4.69) is 11.8 Å². The third kappa shape index (κ3) is 2.54. The van der Waals surface area contributed by atoms with Crippen LogP contribution < -0.4 is 5.73 Å². The third-order valence-corrected chi connectivity index (χ3v) is 3.37. The zero-order chi connectivity index (χ0) is 9.14.